The number of carbonyl (C=O) groups is 2. The Labute approximate surface area is 113 Å². The van der Waals surface area contributed by atoms with Gasteiger partial charge in [-0.25, -0.2) is 4.98 Å². The van der Waals surface area contributed by atoms with Crippen LogP contribution < -0.4 is 10.6 Å². The van der Waals surface area contributed by atoms with Crippen molar-refractivity contribution in [2.45, 2.75) is 45.6 Å². The van der Waals surface area contributed by atoms with Gasteiger partial charge in [0.25, 0.3) is 0 Å². The normalized spacial score (nSPS) is 11.9. The van der Waals surface area contributed by atoms with Crippen molar-refractivity contribution in [2.24, 2.45) is 0 Å². The number of H-pyrrole nitrogens is 1. The minimum atomic E-state index is -0.425. The Hall–Kier alpha value is -1.85. The van der Waals surface area contributed by atoms with E-state index in [1.54, 1.807) is 12.4 Å². The number of rotatable bonds is 8. The first-order valence-electron chi connectivity index (χ1n) is 6.66. The van der Waals surface area contributed by atoms with Gasteiger partial charge in [0, 0.05) is 32.3 Å². The van der Waals surface area contributed by atoms with E-state index in [1.807, 2.05) is 6.92 Å². The fraction of sp³-hybridized carbons (Fsp3) is 0.615. The van der Waals surface area contributed by atoms with Crippen LogP contribution in [0.1, 0.15) is 38.9 Å². The number of aromatic nitrogens is 2. The van der Waals surface area contributed by atoms with E-state index in [9.17, 15) is 9.59 Å². The molecule has 1 rings (SSSR count). The van der Waals surface area contributed by atoms with E-state index >= 15 is 0 Å². The number of nitrogens with zero attached hydrogens (tertiary/aromatic N) is 1. The lowest BCUT2D eigenvalue weighted by Gasteiger charge is -2.16. The second kappa shape index (κ2) is 8.29. The number of carbonyl (C=O) groups excluding carboxylic acids is 2. The highest BCUT2D eigenvalue weighted by Gasteiger charge is 2.17. The van der Waals surface area contributed by atoms with Crippen LogP contribution in [0.25, 0.3) is 0 Å². The van der Waals surface area contributed by atoms with E-state index in [1.165, 1.54) is 6.92 Å². The van der Waals surface area contributed by atoms with Crippen LogP contribution in [0.4, 0.5) is 0 Å². The van der Waals surface area contributed by atoms with Crippen LogP contribution in [-0.4, -0.2) is 34.4 Å². The van der Waals surface area contributed by atoms with E-state index < -0.39 is 6.04 Å². The molecule has 1 aromatic rings. The maximum absolute atomic E-state index is 11.9. The first-order chi connectivity index (χ1) is 9.13. The third-order valence-corrected chi connectivity index (χ3v) is 2.72. The zero-order valence-corrected chi connectivity index (χ0v) is 11.5. The monoisotopic (exact) mass is 266 g/mol. The fourth-order valence-corrected chi connectivity index (χ4v) is 1.83. The number of hydrogen-bond donors (Lipinski definition) is 3. The molecule has 0 saturated heterocycles. The van der Waals surface area contributed by atoms with E-state index in [4.69, 9.17) is 0 Å². The predicted octanol–water partition coefficient (Wildman–Crippen LogP) is 0.763. The molecule has 1 atom stereocenters. The van der Waals surface area contributed by atoms with E-state index in [-0.39, 0.29) is 11.8 Å². The number of aryl methyl sites for hydroxylation is 1. The van der Waals surface area contributed by atoms with Crippen molar-refractivity contribution in [1.82, 2.24) is 20.6 Å². The second-order valence-corrected chi connectivity index (χ2v) is 4.47. The molecule has 0 radical (unpaired) electrons. The van der Waals surface area contributed by atoms with Gasteiger partial charge in [0.15, 0.2) is 0 Å². The standard InChI is InChI=1S/C13H22N4O2/c1-3-5-11(17-10(2)18)13(19)16-7-4-6-12-14-8-9-15-12/h8-9,11H,3-7H2,1-2H3,(H,14,15)(H,16,19)(H,17,18). The first-order valence-corrected chi connectivity index (χ1v) is 6.66. The molecule has 1 unspecified atom stereocenters. The van der Waals surface area contributed by atoms with Crippen LogP contribution in [0, 0.1) is 0 Å². The lowest BCUT2D eigenvalue weighted by atomic mass is 10.1. The van der Waals surface area contributed by atoms with Crippen LogP contribution in [0.15, 0.2) is 12.4 Å². The van der Waals surface area contributed by atoms with Gasteiger partial charge < -0.3 is 15.6 Å². The summed E-state index contributed by atoms with van der Waals surface area (Å²) in [5, 5.41) is 5.51. The molecule has 19 heavy (non-hydrogen) atoms. The van der Waals surface area contributed by atoms with Crippen LogP contribution in [0.3, 0.4) is 0 Å². The maximum atomic E-state index is 11.9. The molecular weight excluding hydrogens is 244 g/mol. The van der Waals surface area contributed by atoms with E-state index in [0.29, 0.717) is 13.0 Å². The molecule has 0 aromatic carbocycles. The van der Waals surface area contributed by atoms with E-state index in [2.05, 4.69) is 20.6 Å². The zero-order chi connectivity index (χ0) is 14.1. The van der Waals surface area contributed by atoms with Gasteiger partial charge in [-0.2, -0.15) is 0 Å². The van der Waals surface area contributed by atoms with Gasteiger partial charge in [-0.1, -0.05) is 13.3 Å². The number of amides is 2. The third kappa shape index (κ3) is 6.03. The lowest BCUT2D eigenvalue weighted by Crippen LogP contribution is -2.46. The molecule has 0 aliphatic carbocycles. The Kier molecular flexibility index (Phi) is 6.63. The van der Waals surface area contributed by atoms with Gasteiger partial charge in [-0.05, 0) is 12.8 Å². The average Bonchev–Trinajstić information content (AvgIpc) is 2.86. The summed E-state index contributed by atoms with van der Waals surface area (Å²) >= 11 is 0. The number of hydrogen-bond acceptors (Lipinski definition) is 3. The van der Waals surface area contributed by atoms with Gasteiger partial charge in [-0.3, -0.25) is 9.59 Å². The van der Waals surface area contributed by atoms with Crippen LogP contribution >= 0.6 is 0 Å². The van der Waals surface area contributed by atoms with Crippen molar-refractivity contribution in [1.29, 1.82) is 0 Å². The molecule has 0 fully saturated rings. The van der Waals surface area contributed by atoms with Crippen molar-refractivity contribution in [2.75, 3.05) is 6.54 Å². The molecule has 0 saturated carbocycles. The summed E-state index contributed by atoms with van der Waals surface area (Å²) in [4.78, 5) is 30.0. The molecule has 3 N–H and O–H groups in total. The average molecular weight is 266 g/mol. The molecule has 0 spiro atoms. The summed E-state index contributed by atoms with van der Waals surface area (Å²) in [6, 6.07) is -0.425. The topological polar surface area (TPSA) is 86.9 Å². The van der Waals surface area contributed by atoms with Crippen molar-refractivity contribution >= 4 is 11.8 Å². The Morgan fingerprint density at radius 3 is 2.84 bits per heavy atom. The molecule has 0 bridgehead atoms. The van der Waals surface area contributed by atoms with Crippen LogP contribution in [0.2, 0.25) is 0 Å². The molecule has 0 aliphatic heterocycles. The molecule has 6 heteroatoms. The highest BCUT2D eigenvalue weighted by molar-refractivity contribution is 5.86. The summed E-state index contributed by atoms with van der Waals surface area (Å²) in [6.45, 7) is 3.99. The number of aromatic amines is 1. The summed E-state index contributed by atoms with van der Waals surface area (Å²) < 4.78 is 0. The highest BCUT2D eigenvalue weighted by Crippen LogP contribution is 1.98. The minimum absolute atomic E-state index is 0.114. The maximum Gasteiger partial charge on any atom is 0.242 e. The third-order valence-electron chi connectivity index (χ3n) is 2.72. The molecule has 0 aliphatic rings. The Balaban J connectivity index is 2.25. The number of imidazole rings is 1. The van der Waals surface area contributed by atoms with Gasteiger partial charge in [0.1, 0.15) is 11.9 Å². The first kappa shape index (κ1) is 15.2. The van der Waals surface area contributed by atoms with Gasteiger partial charge in [0.05, 0.1) is 0 Å². The van der Waals surface area contributed by atoms with Gasteiger partial charge in [-0.15, -0.1) is 0 Å². The molecule has 1 heterocycles. The van der Waals surface area contributed by atoms with Crippen molar-refractivity contribution in [3.05, 3.63) is 18.2 Å². The largest absolute Gasteiger partial charge is 0.354 e. The summed E-state index contributed by atoms with van der Waals surface area (Å²) in [7, 11) is 0. The molecule has 1 aromatic heterocycles. The summed E-state index contributed by atoms with van der Waals surface area (Å²) in [6.07, 6.45) is 6.61. The molecular formula is C13H22N4O2. The minimum Gasteiger partial charge on any atom is -0.354 e. The molecule has 2 amide bonds. The SMILES string of the molecule is CCCC(NC(C)=O)C(=O)NCCCc1ncc[nH]1. The highest BCUT2D eigenvalue weighted by atomic mass is 16.2. The Morgan fingerprint density at radius 1 is 1.47 bits per heavy atom. The lowest BCUT2D eigenvalue weighted by molar-refractivity contribution is -0.128. The Bertz CT molecular complexity index is 389. The van der Waals surface area contributed by atoms with Crippen molar-refractivity contribution in [3.8, 4) is 0 Å². The summed E-state index contributed by atoms with van der Waals surface area (Å²) in [5.74, 6) is 0.627. The van der Waals surface area contributed by atoms with E-state index in [0.717, 1.165) is 25.1 Å². The number of nitrogens with one attached hydrogen (secondary N) is 3. The molecule has 6 nitrogen and oxygen atoms in total. The predicted molar refractivity (Wildman–Crippen MR) is 72.4 cm³/mol. The smallest absolute Gasteiger partial charge is 0.242 e. The van der Waals surface area contributed by atoms with Crippen LogP contribution in [-0.2, 0) is 16.0 Å². The van der Waals surface area contributed by atoms with Gasteiger partial charge >= 0.3 is 0 Å². The molecule has 106 valence electrons. The fourth-order valence-electron chi connectivity index (χ4n) is 1.83. The van der Waals surface area contributed by atoms with Gasteiger partial charge in [0.2, 0.25) is 11.8 Å². The summed E-state index contributed by atoms with van der Waals surface area (Å²) in [5.41, 5.74) is 0. The second-order valence-electron chi connectivity index (χ2n) is 4.47. The zero-order valence-electron chi connectivity index (χ0n) is 11.5. The Morgan fingerprint density at radius 2 is 2.26 bits per heavy atom. The van der Waals surface area contributed by atoms with Crippen LogP contribution in [0.5, 0.6) is 0 Å². The quantitative estimate of drug-likeness (QED) is 0.607. The van der Waals surface area contributed by atoms with Crippen molar-refractivity contribution in [3.63, 3.8) is 0 Å². The van der Waals surface area contributed by atoms with Crippen molar-refractivity contribution < 1.29 is 9.59 Å².